The summed E-state index contributed by atoms with van der Waals surface area (Å²) < 4.78 is 14.7. The molecular formula is C12H9Br2FN2. The van der Waals surface area contributed by atoms with Crippen LogP contribution in [0.2, 0.25) is 0 Å². The monoisotopic (exact) mass is 358 g/mol. The molecule has 88 valence electrons. The minimum Gasteiger partial charge on any atom is -0.339 e. The maximum Gasteiger partial charge on any atom is 0.144 e. The van der Waals surface area contributed by atoms with E-state index < -0.39 is 0 Å². The molecule has 0 atom stereocenters. The normalized spacial score (nSPS) is 10.4. The Balaban J connectivity index is 2.37. The van der Waals surface area contributed by atoms with Crippen molar-refractivity contribution >= 4 is 43.4 Å². The molecule has 0 unspecified atom stereocenters. The first-order valence-electron chi connectivity index (χ1n) is 4.91. The van der Waals surface area contributed by atoms with Gasteiger partial charge >= 0.3 is 0 Å². The Hall–Kier alpha value is -0.940. The molecule has 0 aliphatic carbocycles. The van der Waals surface area contributed by atoms with Crippen LogP contribution in [-0.4, -0.2) is 4.98 Å². The van der Waals surface area contributed by atoms with Gasteiger partial charge in [0.05, 0.1) is 8.95 Å². The fourth-order valence-electron chi connectivity index (χ4n) is 1.39. The van der Waals surface area contributed by atoms with Gasteiger partial charge in [-0.15, -0.1) is 0 Å². The molecule has 0 saturated heterocycles. The van der Waals surface area contributed by atoms with E-state index in [-0.39, 0.29) is 5.82 Å². The molecule has 0 aliphatic rings. The van der Waals surface area contributed by atoms with Crippen LogP contribution in [0.25, 0.3) is 0 Å². The fraction of sp³-hybridized carbons (Fsp3) is 0.0833. The molecule has 2 nitrogen and oxygen atoms in total. The number of hydrogen-bond acceptors (Lipinski definition) is 2. The largest absolute Gasteiger partial charge is 0.339 e. The zero-order valence-corrected chi connectivity index (χ0v) is 12.1. The highest BCUT2D eigenvalue weighted by molar-refractivity contribution is 9.10. The second kappa shape index (κ2) is 5.14. The van der Waals surface area contributed by atoms with Crippen LogP contribution in [0.3, 0.4) is 0 Å². The number of pyridine rings is 1. The molecular weight excluding hydrogens is 351 g/mol. The van der Waals surface area contributed by atoms with Crippen molar-refractivity contribution in [2.24, 2.45) is 0 Å². The number of hydrogen-bond donors (Lipinski definition) is 1. The Labute approximate surface area is 116 Å². The smallest absolute Gasteiger partial charge is 0.144 e. The van der Waals surface area contributed by atoms with Gasteiger partial charge < -0.3 is 5.32 Å². The molecule has 2 rings (SSSR count). The van der Waals surface area contributed by atoms with E-state index in [2.05, 4.69) is 42.2 Å². The van der Waals surface area contributed by atoms with Gasteiger partial charge in [0, 0.05) is 11.9 Å². The third kappa shape index (κ3) is 2.84. The van der Waals surface area contributed by atoms with E-state index in [9.17, 15) is 4.39 Å². The average Bonchev–Trinajstić information content (AvgIpc) is 2.29. The van der Waals surface area contributed by atoms with Crippen LogP contribution in [0.4, 0.5) is 15.9 Å². The van der Waals surface area contributed by atoms with Crippen molar-refractivity contribution in [1.29, 1.82) is 0 Å². The molecule has 0 aliphatic heterocycles. The topological polar surface area (TPSA) is 24.9 Å². The van der Waals surface area contributed by atoms with Gasteiger partial charge in [-0.1, -0.05) is 0 Å². The van der Waals surface area contributed by atoms with E-state index in [1.807, 2.05) is 19.1 Å². The Morgan fingerprint density at radius 1 is 1.24 bits per heavy atom. The molecule has 0 fully saturated rings. The van der Waals surface area contributed by atoms with Gasteiger partial charge in [-0.2, -0.15) is 0 Å². The Morgan fingerprint density at radius 3 is 2.71 bits per heavy atom. The Bertz CT molecular complexity index is 558. The lowest BCUT2D eigenvalue weighted by Crippen LogP contribution is -1.97. The predicted molar refractivity (Wildman–Crippen MR) is 74.1 cm³/mol. The summed E-state index contributed by atoms with van der Waals surface area (Å²) in [5.41, 5.74) is 1.64. The van der Waals surface area contributed by atoms with Crippen molar-refractivity contribution in [2.75, 3.05) is 5.32 Å². The highest BCUT2D eigenvalue weighted by atomic mass is 79.9. The molecule has 0 amide bonds. The van der Waals surface area contributed by atoms with E-state index in [0.717, 1.165) is 10.0 Å². The third-order valence-corrected chi connectivity index (χ3v) is 3.53. The zero-order chi connectivity index (χ0) is 12.4. The van der Waals surface area contributed by atoms with Crippen molar-refractivity contribution < 1.29 is 4.39 Å². The van der Waals surface area contributed by atoms with Gasteiger partial charge in [-0.25, -0.2) is 9.37 Å². The number of aromatic nitrogens is 1. The lowest BCUT2D eigenvalue weighted by Gasteiger charge is -2.10. The summed E-state index contributed by atoms with van der Waals surface area (Å²) in [4.78, 5) is 4.17. The maximum atomic E-state index is 13.4. The minimum atomic E-state index is -0.301. The van der Waals surface area contributed by atoms with Crippen molar-refractivity contribution in [1.82, 2.24) is 4.98 Å². The van der Waals surface area contributed by atoms with E-state index in [0.29, 0.717) is 16.0 Å². The fourth-order valence-corrected chi connectivity index (χ4v) is 2.20. The molecule has 1 aromatic carbocycles. The molecule has 1 heterocycles. The summed E-state index contributed by atoms with van der Waals surface area (Å²) in [5, 5.41) is 3.09. The van der Waals surface area contributed by atoms with Crippen molar-refractivity contribution in [2.45, 2.75) is 6.92 Å². The zero-order valence-electron chi connectivity index (χ0n) is 8.97. The molecule has 0 radical (unpaired) electrons. The number of nitrogens with zero attached hydrogens (tertiary/aromatic N) is 1. The first-order valence-corrected chi connectivity index (χ1v) is 6.49. The quantitative estimate of drug-likeness (QED) is 0.833. The maximum absolute atomic E-state index is 13.4. The van der Waals surface area contributed by atoms with Crippen LogP contribution in [0.1, 0.15) is 5.56 Å². The van der Waals surface area contributed by atoms with Gasteiger partial charge in [0.15, 0.2) is 0 Å². The first kappa shape index (κ1) is 12.5. The highest BCUT2D eigenvalue weighted by Crippen LogP contribution is 2.28. The van der Waals surface area contributed by atoms with Crippen molar-refractivity contribution in [3.05, 3.63) is 50.8 Å². The summed E-state index contributed by atoms with van der Waals surface area (Å²) >= 11 is 6.54. The van der Waals surface area contributed by atoms with Gasteiger partial charge in [-0.05, 0) is 68.6 Å². The summed E-state index contributed by atoms with van der Waals surface area (Å²) in [6, 6.07) is 6.87. The van der Waals surface area contributed by atoms with E-state index in [1.54, 1.807) is 12.3 Å². The van der Waals surface area contributed by atoms with Gasteiger partial charge in [-0.3, -0.25) is 0 Å². The number of anilines is 2. The lowest BCUT2D eigenvalue weighted by atomic mass is 10.2. The van der Waals surface area contributed by atoms with E-state index in [4.69, 9.17) is 0 Å². The molecule has 0 bridgehead atoms. The number of halogens is 3. The van der Waals surface area contributed by atoms with Crippen molar-refractivity contribution in [3.8, 4) is 0 Å². The second-order valence-corrected chi connectivity index (χ2v) is 5.25. The van der Waals surface area contributed by atoms with Gasteiger partial charge in [0.25, 0.3) is 0 Å². The summed E-state index contributed by atoms with van der Waals surface area (Å²) in [6.07, 6.45) is 1.68. The first-order chi connectivity index (χ1) is 8.08. The Kier molecular flexibility index (Phi) is 3.79. The Morgan fingerprint density at radius 2 is 2.00 bits per heavy atom. The predicted octanol–water partition coefficient (Wildman–Crippen LogP) is 4.80. The second-order valence-electron chi connectivity index (χ2n) is 3.54. The van der Waals surface area contributed by atoms with Crippen molar-refractivity contribution in [3.63, 3.8) is 0 Å². The number of benzene rings is 1. The molecule has 17 heavy (non-hydrogen) atoms. The van der Waals surface area contributed by atoms with E-state index in [1.165, 1.54) is 6.07 Å². The molecule has 1 aromatic heterocycles. The van der Waals surface area contributed by atoms with Crippen LogP contribution in [0, 0.1) is 12.7 Å². The number of rotatable bonds is 2. The summed E-state index contributed by atoms with van der Waals surface area (Å²) in [6.45, 7) is 1.91. The standard InChI is InChI=1S/C12H9Br2FN2/c1-7-5-9(14)10(15)6-11(7)17-12-8(13)3-2-4-16-12/h2-6H,1H3,(H,16,17). The van der Waals surface area contributed by atoms with Crippen LogP contribution < -0.4 is 5.32 Å². The molecule has 0 spiro atoms. The van der Waals surface area contributed by atoms with Crippen LogP contribution >= 0.6 is 31.9 Å². The minimum absolute atomic E-state index is 0.301. The molecule has 1 N–H and O–H groups in total. The third-order valence-electron chi connectivity index (χ3n) is 2.28. The summed E-state index contributed by atoms with van der Waals surface area (Å²) in [5.74, 6) is 0.363. The highest BCUT2D eigenvalue weighted by Gasteiger charge is 2.07. The number of aryl methyl sites for hydroxylation is 1. The lowest BCUT2D eigenvalue weighted by molar-refractivity contribution is 0.621. The molecule has 0 saturated carbocycles. The average molecular weight is 360 g/mol. The SMILES string of the molecule is Cc1cc(Br)c(F)cc1Nc1ncccc1Br. The van der Waals surface area contributed by atoms with Crippen LogP contribution in [0.5, 0.6) is 0 Å². The van der Waals surface area contributed by atoms with Gasteiger partial charge in [0.2, 0.25) is 0 Å². The molecule has 2 aromatic rings. The van der Waals surface area contributed by atoms with Crippen LogP contribution in [0.15, 0.2) is 39.4 Å². The molecule has 5 heteroatoms. The van der Waals surface area contributed by atoms with Crippen LogP contribution in [-0.2, 0) is 0 Å². The van der Waals surface area contributed by atoms with E-state index >= 15 is 0 Å². The number of nitrogens with one attached hydrogen (secondary N) is 1. The van der Waals surface area contributed by atoms with Gasteiger partial charge in [0.1, 0.15) is 11.6 Å². The summed E-state index contributed by atoms with van der Waals surface area (Å²) in [7, 11) is 0.